The molecule has 0 aliphatic carbocycles. The zero-order valence-electron chi connectivity index (χ0n) is 10.6. The molecule has 1 aliphatic heterocycles. The first-order valence-electron chi connectivity index (χ1n) is 6.19. The topological polar surface area (TPSA) is 77.0 Å². The van der Waals surface area contributed by atoms with E-state index in [1.807, 2.05) is 6.07 Å². The van der Waals surface area contributed by atoms with Crippen LogP contribution in [0, 0.1) is 0 Å². The summed E-state index contributed by atoms with van der Waals surface area (Å²) in [6.45, 7) is 1.69. The Morgan fingerprint density at radius 1 is 1.32 bits per heavy atom. The Morgan fingerprint density at radius 3 is 2.89 bits per heavy atom. The monoisotopic (exact) mass is 267 g/mol. The predicted octanol–water partition coefficient (Wildman–Crippen LogP) is 1.07. The second kappa shape index (κ2) is 6.84. The van der Waals surface area contributed by atoms with E-state index >= 15 is 0 Å². The number of hydrogen-bond acceptors (Lipinski definition) is 5. The number of alkyl carbamates (subject to hydrolysis) is 1. The summed E-state index contributed by atoms with van der Waals surface area (Å²) in [6, 6.07) is 5.43. The molecule has 0 saturated carbocycles. The van der Waals surface area contributed by atoms with Crippen molar-refractivity contribution in [3.63, 3.8) is 0 Å². The van der Waals surface area contributed by atoms with Gasteiger partial charge in [0.2, 0.25) is 0 Å². The maximum absolute atomic E-state index is 11.3. The minimum atomic E-state index is -0.497. The zero-order valence-corrected chi connectivity index (χ0v) is 10.6. The van der Waals surface area contributed by atoms with Gasteiger partial charge in [0.05, 0.1) is 0 Å². The van der Waals surface area contributed by atoms with Gasteiger partial charge in [0.1, 0.15) is 19.8 Å². The van der Waals surface area contributed by atoms with Gasteiger partial charge in [0, 0.05) is 13.2 Å². The van der Waals surface area contributed by atoms with Crippen molar-refractivity contribution in [2.24, 2.45) is 0 Å². The molecule has 2 N–H and O–H groups in total. The molecule has 0 unspecified atom stereocenters. The Hall–Kier alpha value is -1.95. The van der Waals surface area contributed by atoms with E-state index < -0.39 is 6.09 Å². The van der Waals surface area contributed by atoms with Gasteiger partial charge in [-0.05, 0) is 24.1 Å². The molecule has 0 atom stereocenters. The molecule has 6 heteroatoms. The first-order chi connectivity index (χ1) is 9.29. The molecule has 1 aromatic carbocycles. The molecule has 0 aromatic heterocycles. The molecule has 0 bridgehead atoms. The summed E-state index contributed by atoms with van der Waals surface area (Å²) in [5, 5.41) is 11.1. The number of fused-ring (bicyclic) bond motifs is 1. The molecular weight excluding hydrogens is 250 g/mol. The van der Waals surface area contributed by atoms with E-state index in [-0.39, 0.29) is 13.2 Å². The smallest absolute Gasteiger partial charge is 0.407 e. The van der Waals surface area contributed by atoms with Crippen molar-refractivity contribution in [2.75, 3.05) is 26.4 Å². The van der Waals surface area contributed by atoms with Crippen molar-refractivity contribution in [3.8, 4) is 11.5 Å². The molecule has 0 saturated heterocycles. The van der Waals surface area contributed by atoms with Gasteiger partial charge >= 0.3 is 6.09 Å². The summed E-state index contributed by atoms with van der Waals surface area (Å²) in [6.07, 6.45) is 0.0161. The average Bonchev–Trinajstić information content (AvgIpc) is 2.45. The van der Waals surface area contributed by atoms with Crippen LogP contribution in [-0.4, -0.2) is 37.6 Å². The van der Waals surface area contributed by atoms with Crippen molar-refractivity contribution >= 4 is 6.09 Å². The van der Waals surface area contributed by atoms with Gasteiger partial charge in [-0.15, -0.1) is 0 Å². The van der Waals surface area contributed by atoms with Crippen molar-refractivity contribution in [2.45, 2.75) is 13.0 Å². The number of hydrogen-bond donors (Lipinski definition) is 2. The zero-order chi connectivity index (χ0) is 13.5. The summed E-state index contributed by atoms with van der Waals surface area (Å²) in [5.74, 6) is 1.38. The lowest BCUT2D eigenvalue weighted by Crippen LogP contribution is -2.25. The summed E-state index contributed by atoms with van der Waals surface area (Å²) >= 11 is 0. The Kier molecular flexibility index (Phi) is 4.85. The van der Waals surface area contributed by atoms with Gasteiger partial charge < -0.3 is 24.6 Å². The van der Waals surface area contributed by atoms with Gasteiger partial charge in [-0.3, -0.25) is 0 Å². The Balaban J connectivity index is 1.81. The number of carbonyl (C=O) groups is 1. The van der Waals surface area contributed by atoms with Crippen molar-refractivity contribution in [1.29, 1.82) is 0 Å². The predicted molar refractivity (Wildman–Crippen MR) is 67.3 cm³/mol. The highest BCUT2D eigenvalue weighted by atomic mass is 16.6. The number of ether oxygens (including phenoxy) is 3. The molecule has 2 rings (SSSR count). The first kappa shape index (κ1) is 13.5. The van der Waals surface area contributed by atoms with Crippen LogP contribution >= 0.6 is 0 Å². The van der Waals surface area contributed by atoms with Crippen LogP contribution in [0.15, 0.2) is 18.2 Å². The Bertz CT molecular complexity index is 435. The van der Waals surface area contributed by atoms with E-state index in [0.717, 1.165) is 5.56 Å². The third kappa shape index (κ3) is 4.03. The second-order valence-corrected chi connectivity index (χ2v) is 4.06. The number of aliphatic hydroxyl groups excluding tert-OH is 1. The van der Waals surface area contributed by atoms with Gasteiger partial charge in [-0.1, -0.05) is 6.07 Å². The van der Waals surface area contributed by atoms with E-state index in [1.54, 1.807) is 12.1 Å². The maximum Gasteiger partial charge on any atom is 0.407 e. The van der Waals surface area contributed by atoms with E-state index in [1.165, 1.54) is 0 Å². The van der Waals surface area contributed by atoms with Crippen LogP contribution in [0.3, 0.4) is 0 Å². The Morgan fingerprint density at radius 2 is 2.11 bits per heavy atom. The molecule has 6 nitrogen and oxygen atoms in total. The van der Waals surface area contributed by atoms with E-state index in [0.29, 0.717) is 37.7 Å². The minimum Gasteiger partial charge on any atom is -0.486 e. The van der Waals surface area contributed by atoms with Crippen LogP contribution in [0.2, 0.25) is 0 Å². The van der Waals surface area contributed by atoms with Crippen molar-refractivity contribution in [1.82, 2.24) is 5.32 Å². The molecule has 0 radical (unpaired) electrons. The lowest BCUT2D eigenvalue weighted by molar-refractivity contribution is 0.138. The van der Waals surface area contributed by atoms with Gasteiger partial charge in [-0.25, -0.2) is 4.79 Å². The third-order valence-corrected chi connectivity index (χ3v) is 2.58. The Labute approximate surface area is 111 Å². The van der Waals surface area contributed by atoms with Crippen LogP contribution in [-0.2, 0) is 11.3 Å². The number of rotatable bonds is 5. The number of benzene rings is 1. The molecule has 1 heterocycles. The number of carbonyl (C=O) groups excluding carboxylic acids is 1. The fourth-order valence-electron chi connectivity index (χ4n) is 1.65. The fraction of sp³-hybridized carbons (Fsp3) is 0.462. The summed E-state index contributed by atoms with van der Waals surface area (Å²) in [7, 11) is 0. The third-order valence-electron chi connectivity index (χ3n) is 2.58. The highest BCUT2D eigenvalue weighted by Crippen LogP contribution is 2.30. The molecule has 0 spiro atoms. The molecule has 1 amide bonds. The lowest BCUT2D eigenvalue weighted by atomic mass is 10.2. The number of amides is 1. The number of aliphatic hydroxyl groups is 1. The van der Waals surface area contributed by atoms with Gasteiger partial charge in [-0.2, -0.15) is 0 Å². The molecule has 1 aromatic rings. The van der Waals surface area contributed by atoms with Gasteiger partial charge in [0.25, 0.3) is 0 Å². The largest absolute Gasteiger partial charge is 0.486 e. The quantitative estimate of drug-likeness (QED) is 0.780. The highest BCUT2D eigenvalue weighted by Gasteiger charge is 2.12. The maximum atomic E-state index is 11.3. The van der Waals surface area contributed by atoms with Crippen LogP contribution in [0.5, 0.6) is 11.5 Å². The van der Waals surface area contributed by atoms with Crippen molar-refractivity contribution < 1.29 is 24.1 Å². The molecular formula is C13H17NO5. The first-order valence-corrected chi connectivity index (χ1v) is 6.19. The van der Waals surface area contributed by atoms with Crippen LogP contribution in [0.1, 0.15) is 12.0 Å². The second-order valence-electron chi connectivity index (χ2n) is 4.06. The van der Waals surface area contributed by atoms with Crippen LogP contribution in [0.4, 0.5) is 4.79 Å². The fourth-order valence-corrected chi connectivity index (χ4v) is 1.65. The number of nitrogens with one attached hydrogen (secondary N) is 1. The average molecular weight is 267 g/mol. The molecule has 19 heavy (non-hydrogen) atoms. The molecule has 1 aliphatic rings. The molecule has 104 valence electrons. The van der Waals surface area contributed by atoms with Crippen LogP contribution in [0.25, 0.3) is 0 Å². The van der Waals surface area contributed by atoms with Crippen molar-refractivity contribution in [3.05, 3.63) is 23.8 Å². The SMILES string of the molecule is O=C(NCCCO)OCc1ccc2c(c1)OCCO2. The van der Waals surface area contributed by atoms with E-state index in [2.05, 4.69) is 5.32 Å². The summed E-state index contributed by atoms with van der Waals surface area (Å²) < 4.78 is 15.9. The summed E-state index contributed by atoms with van der Waals surface area (Å²) in [5.41, 5.74) is 0.835. The summed E-state index contributed by atoms with van der Waals surface area (Å²) in [4.78, 5) is 11.3. The van der Waals surface area contributed by atoms with E-state index in [4.69, 9.17) is 19.3 Å². The van der Waals surface area contributed by atoms with Crippen LogP contribution < -0.4 is 14.8 Å². The standard InChI is InChI=1S/C13H17NO5/c15-5-1-4-14-13(16)19-9-10-2-3-11-12(8-10)18-7-6-17-11/h2-3,8,15H,1,4-7,9H2,(H,14,16). The van der Waals surface area contributed by atoms with Gasteiger partial charge in [0.15, 0.2) is 11.5 Å². The normalized spacial score (nSPS) is 12.9. The van der Waals surface area contributed by atoms with E-state index in [9.17, 15) is 4.79 Å². The highest BCUT2D eigenvalue weighted by molar-refractivity contribution is 5.67. The minimum absolute atomic E-state index is 0.0441. The lowest BCUT2D eigenvalue weighted by Gasteiger charge is -2.18. The molecule has 0 fully saturated rings.